The van der Waals surface area contributed by atoms with Gasteiger partial charge in [-0.25, -0.2) is 0 Å². The lowest BCUT2D eigenvalue weighted by Crippen LogP contribution is -2.56. The second kappa shape index (κ2) is 5.71. The van der Waals surface area contributed by atoms with E-state index in [4.69, 9.17) is 4.74 Å². The van der Waals surface area contributed by atoms with E-state index >= 15 is 0 Å². The molecule has 3 nitrogen and oxygen atoms in total. The van der Waals surface area contributed by atoms with Crippen LogP contribution in [0.15, 0.2) is 52.3 Å². The van der Waals surface area contributed by atoms with Gasteiger partial charge < -0.3 is 14.5 Å². The highest BCUT2D eigenvalue weighted by atomic mass is 32.2. The maximum atomic E-state index is 5.52. The second-order valence-electron chi connectivity index (χ2n) is 6.98. The molecule has 0 saturated carbocycles. The molecule has 0 amide bonds. The van der Waals surface area contributed by atoms with Crippen LogP contribution in [-0.2, 0) is 0 Å². The summed E-state index contributed by atoms with van der Waals surface area (Å²) in [4.78, 5) is 7.95. The fourth-order valence-corrected chi connectivity index (χ4v) is 5.53. The average Bonchev–Trinajstić information content (AvgIpc) is 2.66. The molecule has 0 radical (unpaired) electrons. The third-order valence-corrected chi connectivity index (χ3v) is 6.85. The van der Waals surface area contributed by atoms with E-state index in [1.165, 1.54) is 53.6 Å². The highest BCUT2D eigenvalue weighted by Crippen LogP contribution is 2.51. The summed E-state index contributed by atoms with van der Waals surface area (Å²) in [5.41, 5.74) is 2.68. The molecule has 4 aliphatic rings. The zero-order valence-electron chi connectivity index (χ0n) is 13.9. The van der Waals surface area contributed by atoms with Gasteiger partial charge in [0.2, 0.25) is 0 Å². The smallest absolute Gasteiger partial charge is 0.121 e. The molecular weight excluding hydrogens is 316 g/mol. The van der Waals surface area contributed by atoms with Crippen molar-refractivity contribution >= 4 is 23.1 Å². The molecule has 0 N–H and O–H groups in total. The van der Waals surface area contributed by atoms with Crippen LogP contribution in [0.1, 0.15) is 12.8 Å². The molecule has 0 aromatic heterocycles. The molecule has 2 bridgehead atoms. The summed E-state index contributed by atoms with van der Waals surface area (Å²) < 4.78 is 5.52. The first-order chi connectivity index (χ1) is 11.8. The standard InChI is InChI=1S/C20H22N2OS/c1-23-15-6-7-20-17(12-15)22(16-4-2-3-5-19(16)24-20)18-13-21-10-8-14(18)9-11-21/h2-7,12,14,18H,8-11,13H2,1H3. The van der Waals surface area contributed by atoms with Crippen LogP contribution < -0.4 is 9.64 Å². The van der Waals surface area contributed by atoms with Gasteiger partial charge in [0.1, 0.15) is 5.75 Å². The van der Waals surface area contributed by atoms with E-state index in [2.05, 4.69) is 52.3 Å². The average molecular weight is 338 g/mol. The first kappa shape index (κ1) is 14.7. The Labute approximate surface area is 147 Å². The van der Waals surface area contributed by atoms with Gasteiger partial charge in [-0.1, -0.05) is 23.9 Å². The number of methoxy groups -OCH3 is 1. The van der Waals surface area contributed by atoms with Crippen LogP contribution in [0.3, 0.4) is 0 Å². The van der Waals surface area contributed by atoms with Gasteiger partial charge in [-0.15, -0.1) is 0 Å². The van der Waals surface area contributed by atoms with Gasteiger partial charge in [-0.3, -0.25) is 0 Å². The zero-order valence-corrected chi connectivity index (χ0v) is 14.8. The number of ether oxygens (including phenoxy) is 1. The van der Waals surface area contributed by atoms with Gasteiger partial charge in [0.05, 0.1) is 18.5 Å². The molecule has 4 heteroatoms. The van der Waals surface area contributed by atoms with Crippen molar-refractivity contribution < 1.29 is 4.74 Å². The summed E-state index contributed by atoms with van der Waals surface area (Å²) in [5.74, 6) is 1.74. The molecule has 124 valence electrons. The minimum atomic E-state index is 0.570. The van der Waals surface area contributed by atoms with Crippen molar-refractivity contribution in [3.05, 3.63) is 42.5 Å². The van der Waals surface area contributed by atoms with E-state index in [1.807, 2.05) is 11.8 Å². The van der Waals surface area contributed by atoms with Crippen molar-refractivity contribution in [2.45, 2.75) is 28.7 Å². The van der Waals surface area contributed by atoms with Crippen LogP contribution in [0.4, 0.5) is 11.4 Å². The lowest BCUT2D eigenvalue weighted by atomic mass is 9.82. The van der Waals surface area contributed by atoms with Crippen molar-refractivity contribution in [1.29, 1.82) is 0 Å². The number of para-hydroxylation sites is 1. The number of fused-ring (bicyclic) bond motifs is 5. The Bertz CT molecular complexity index is 770. The normalized spacial score (nSPS) is 27.5. The first-order valence-corrected chi connectivity index (χ1v) is 9.61. The Kier molecular flexibility index (Phi) is 3.49. The predicted octanol–water partition coefficient (Wildman–Crippen LogP) is 4.39. The minimum Gasteiger partial charge on any atom is -0.497 e. The van der Waals surface area contributed by atoms with Gasteiger partial charge in [-0.2, -0.15) is 0 Å². The molecule has 4 heterocycles. The summed E-state index contributed by atoms with van der Waals surface area (Å²) in [6.45, 7) is 3.73. The maximum Gasteiger partial charge on any atom is 0.121 e. The third-order valence-electron chi connectivity index (χ3n) is 5.72. The van der Waals surface area contributed by atoms with Gasteiger partial charge in [0.15, 0.2) is 0 Å². The molecular formula is C20H22N2OS. The summed E-state index contributed by atoms with van der Waals surface area (Å²) >= 11 is 1.88. The molecule has 24 heavy (non-hydrogen) atoms. The second-order valence-corrected chi connectivity index (χ2v) is 8.06. The third kappa shape index (κ3) is 2.24. The van der Waals surface area contributed by atoms with E-state index in [0.29, 0.717) is 6.04 Å². The van der Waals surface area contributed by atoms with Crippen molar-refractivity contribution in [2.24, 2.45) is 5.92 Å². The number of hydrogen-bond acceptors (Lipinski definition) is 4. The first-order valence-electron chi connectivity index (χ1n) is 8.80. The van der Waals surface area contributed by atoms with Crippen LogP contribution in [0, 0.1) is 5.92 Å². The Balaban J connectivity index is 1.65. The summed E-state index contributed by atoms with van der Waals surface area (Å²) in [7, 11) is 1.75. The lowest BCUT2D eigenvalue weighted by molar-refractivity contribution is 0.0891. The number of rotatable bonds is 2. The predicted molar refractivity (Wildman–Crippen MR) is 98.7 cm³/mol. The summed E-state index contributed by atoms with van der Waals surface area (Å²) in [5, 5.41) is 0. The molecule has 0 aliphatic carbocycles. The quantitative estimate of drug-likeness (QED) is 0.806. The molecule has 2 aromatic rings. The molecule has 1 atom stereocenters. The maximum absolute atomic E-state index is 5.52. The van der Waals surface area contributed by atoms with E-state index in [-0.39, 0.29) is 0 Å². The number of anilines is 2. The van der Waals surface area contributed by atoms with Crippen LogP contribution >= 0.6 is 11.8 Å². The topological polar surface area (TPSA) is 15.7 Å². The molecule has 6 rings (SSSR count). The van der Waals surface area contributed by atoms with Crippen LogP contribution in [0.5, 0.6) is 5.75 Å². The van der Waals surface area contributed by atoms with Crippen molar-refractivity contribution in [2.75, 3.05) is 31.6 Å². The highest BCUT2D eigenvalue weighted by molar-refractivity contribution is 7.99. The molecule has 3 fully saturated rings. The van der Waals surface area contributed by atoms with E-state index in [1.54, 1.807) is 7.11 Å². The highest BCUT2D eigenvalue weighted by Gasteiger charge is 2.40. The van der Waals surface area contributed by atoms with Gasteiger partial charge in [0, 0.05) is 28.4 Å². The van der Waals surface area contributed by atoms with Gasteiger partial charge in [0.25, 0.3) is 0 Å². The van der Waals surface area contributed by atoms with Crippen LogP contribution in [0.2, 0.25) is 0 Å². The molecule has 2 aromatic carbocycles. The monoisotopic (exact) mass is 338 g/mol. The molecule has 4 aliphatic heterocycles. The summed E-state index contributed by atoms with van der Waals surface area (Å²) in [6, 6.07) is 15.9. The number of hydrogen-bond donors (Lipinski definition) is 0. The summed E-state index contributed by atoms with van der Waals surface area (Å²) in [6.07, 6.45) is 2.66. The largest absolute Gasteiger partial charge is 0.497 e. The number of benzene rings is 2. The Morgan fingerprint density at radius 2 is 1.79 bits per heavy atom. The number of nitrogens with zero attached hydrogens (tertiary/aromatic N) is 2. The van der Waals surface area contributed by atoms with E-state index in [0.717, 1.165) is 11.7 Å². The molecule has 1 unspecified atom stereocenters. The van der Waals surface area contributed by atoms with E-state index in [9.17, 15) is 0 Å². The molecule has 3 saturated heterocycles. The van der Waals surface area contributed by atoms with Crippen LogP contribution in [-0.4, -0.2) is 37.7 Å². The lowest BCUT2D eigenvalue weighted by Gasteiger charge is -2.51. The molecule has 0 spiro atoms. The van der Waals surface area contributed by atoms with Crippen molar-refractivity contribution in [3.63, 3.8) is 0 Å². The van der Waals surface area contributed by atoms with Crippen molar-refractivity contribution in [1.82, 2.24) is 4.90 Å². The van der Waals surface area contributed by atoms with Crippen LogP contribution in [0.25, 0.3) is 0 Å². The Morgan fingerprint density at radius 1 is 1.00 bits per heavy atom. The zero-order chi connectivity index (χ0) is 16.1. The Hall–Kier alpha value is -1.65. The minimum absolute atomic E-state index is 0.570. The van der Waals surface area contributed by atoms with Gasteiger partial charge in [-0.05, 0) is 56.1 Å². The fourth-order valence-electron chi connectivity index (χ4n) is 4.47. The SMILES string of the molecule is COc1ccc2c(c1)N(C1CN3CCC1CC3)c1ccccc1S2. The fraction of sp³-hybridized carbons (Fsp3) is 0.400. The van der Waals surface area contributed by atoms with Crippen molar-refractivity contribution in [3.8, 4) is 5.75 Å². The Morgan fingerprint density at radius 3 is 2.54 bits per heavy atom. The van der Waals surface area contributed by atoms with Gasteiger partial charge >= 0.3 is 0 Å². The number of piperidine rings is 3. The van der Waals surface area contributed by atoms with E-state index < -0.39 is 0 Å².